The fourth-order valence-corrected chi connectivity index (χ4v) is 2.74. The van der Waals surface area contributed by atoms with Gasteiger partial charge in [0.05, 0.1) is 10.6 Å². The van der Waals surface area contributed by atoms with Crippen LogP contribution in [0.4, 0.5) is 0 Å². The lowest BCUT2D eigenvalue weighted by atomic mass is 10.2. The van der Waals surface area contributed by atoms with Crippen molar-refractivity contribution < 1.29 is 9.53 Å². The van der Waals surface area contributed by atoms with Crippen LogP contribution < -0.4 is 0 Å². The van der Waals surface area contributed by atoms with Crippen LogP contribution in [0.1, 0.15) is 11.1 Å². The minimum absolute atomic E-state index is 0.215. The van der Waals surface area contributed by atoms with E-state index in [0.717, 1.165) is 10.0 Å². The molecule has 0 amide bonds. The maximum Gasteiger partial charge on any atom is 0.363 e. The molecule has 23 heavy (non-hydrogen) atoms. The molecule has 2 aromatic rings. The predicted molar refractivity (Wildman–Crippen MR) is 95.5 cm³/mol. The van der Waals surface area contributed by atoms with Gasteiger partial charge in [-0.1, -0.05) is 70.0 Å². The number of hydrogen-bond donors (Lipinski definition) is 0. The quantitative estimate of drug-likeness (QED) is 0.550. The number of esters is 1. The Morgan fingerprint density at radius 3 is 2.52 bits per heavy atom. The van der Waals surface area contributed by atoms with Crippen LogP contribution in [-0.4, -0.2) is 11.9 Å². The van der Waals surface area contributed by atoms with Crippen molar-refractivity contribution in [3.8, 4) is 0 Å². The van der Waals surface area contributed by atoms with Gasteiger partial charge in [0.25, 0.3) is 0 Å². The number of hydrogen-bond acceptors (Lipinski definition) is 3. The third kappa shape index (κ3) is 3.78. The standard InChI is InChI=1S/C18H11BrClNO2/c19-13(10-12-6-2-1-3-7-12)11-16-18(22)23-17(21-16)14-8-4-5-9-15(14)20/h1-11H/b13-10+,16-11?. The molecular weight excluding hydrogens is 378 g/mol. The van der Waals surface area contributed by atoms with Crippen LogP contribution in [0.25, 0.3) is 6.08 Å². The molecule has 0 fully saturated rings. The molecule has 0 saturated carbocycles. The van der Waals surface area contributed by atoms with Crippen molar-refractivity contribution in [2.24, 2.45) is 4.99 Å². The molecular formula is C18H11BrClNO2. The van der Waals surface area contributed by atoms with E-state index < -0.39 is 5.97 Å². The summed E-state index contributed by atoms with van der Waals surface area (Å²) in [6, 6.07) is 16.8. The highest BCUT2D eigenvalue weighted by Gasteiger charge is 2.25. The molecule has 0 atom stereocenters. The lowest BCUT2D eigenvalue weighted by Crippen LogP contribution is -2.05. The number of aliphatic imine (C=N–C) groups is 1. The van der Waals surface area contributed by atoms with Crippen molar-refractivity contribution in [3.05, 3.63) is 87.0 Å². The topological polar surface area (TPSA) is 38.7 Å². The number of ether oxygens (including phenoxy) is 1. The van der Waals surface area contributed by atoms with E-state index in [2.05, 4.69) is 20.9 Å². The Kier molecular flexibility index (Phi) is 4.74. The third-order valence-electron chi connectivity index (χ3n) is 3.10. The second kappa shape index (κ2) is 6.94. The van der Waals surface area contributed by atoms with Crippen LogP contribution in [0.5, 0.6) is 0 Å². The lowest BCUT2D eigenvalue weighted by molar-refractivity contribution is -0.130. The number of benzene rings is 2. The van der Waals surface area contributed by atoms with E-state index in [-0.39, 0.29) is 11.6 Å². The molecule has 0 unspecified atom stereocenters. The third-order valence-corrected chi connectivity index (χ3v) is 3.89. The fraction of sp³-hybridized carbons (Fsp3) is 0. The summed E-state index contributed by atoms with van der Waals surface area (Å²) in [5.41, 5.74) is 1.82. The summed E-state index contributed by atoms with van der Waals surface area (Å²) in [4.78, 5) is 16.2. The van der Waals surface area contributed by atoms with Crippen molar-refractivity contribution in [3.63, 3.8) is 0 Å². The normalized spacial score (nSPS) is 16.4. The number of rotatable bonds is 3. The first-order valence-electron chi connectivity index (χ1n) is 6.83. The van der Waals surface area contributed by atoms with Crippen molar-refractivity contribution in [1.29, 1.82) is 0 Å². The summed E-state index contributed by atoms with van der Waals surface area (Å²) in [5, 5.41) is 0.485. The molecule has 0 spiro atoms. The Morgan fingerprint density at radius 2 is 1.78 bits per heavy atom. The molecule has 3 rings (SSSR count). The molecule has 5 heteroatoms. The molecule has 0 N–H and O–H groups in total. The molecule has 0 saturated heterocycles. The average molecular weight is 389 g/mol. The predicted octanol–water partition coefficient (Wildman–Crippen LogP) is 4.96. The molecule has 0 aliphatic carbocycles. The molecule has 3 nitrogen and oxygen atoms in total. The van der Waals surface area contributed by atoms with E-state index in [4.69, 9.17) is 16.3 Å². The SMILES string of the molecule is O=C1OC(c2ccccc2Cl)=NC1=C/C(Br)=C\c1ccccc1. The number of nitrogens with zero attached hydrogens (tertiary/aromatic N) is 1. The summed E-state index contributed by atoms with van der Waals surface area (Å²) >= 11 is 9.52. The van der Waals surface area contributed by atoms with Crippen LogP contribution in [0.2, 0.25) is 5.02 Å². The zero-order valence-corrected chi connectivity index (χ0v) is 14.2. The van der Waals surface area contributed by atoms with Gasteiger partial charge in [0, 0.05) is 4.48 Å². The summed E-state index contributed by atoms with van der Waals surface area (Å²) in [7, 11) is 0. The first kappa shape index (κ1) is 15.7. The number of allylic oxidation sites excluding steroid dienone is 2. The second-order valence-electron chi connectivity index (χ2n) is 4.76. The van der Waals surface area contributed by atoms with Gasteiger partial charge in [0.15, 0.2) is 5.70 Å². The highest BCUT2D eigenvalue weighted by Crippen LogP contribution is 2.24. The largest absolute Gasteiger partial charge is 0.402 e. The Labute approximate surface area is 147 Å². The molecule has 1 aliphatic heterocycles. The zero-order valence-electron chi connectivity index (χ0n) is 11.9. The van der Waals surface area contributed by atoms with Crippen LogP contribution in [0.3, 0.4) is 0 Å². The van der Waals surface area contributed by atoms with Crippen molar-refractivity contribution in [1.82, 2.24) is 0 Å². The monoisotopic (exact) mass is 387 g/mol. The number of cyclic esters (lactones) is 1. The summed E-state index contributed by atoms with van der Waals surface area (Å²) in [6.07, 6.45) is 3.52. The van der Waals surface area contributed by atoms with E-state index in [1.807, 2.05) is 42.5 Å². The zero-order chi connectivity index (χ0) is 16.2. The van der Waals surface area contributed by atoms with Gasteiger partial charge < -0.3 is 4.74 Å². The van der Waals surface area contributed by atoms with Crippen molar-refractivity contribution >= 4 is 45.5 Å². The van der Waals surface area contributed by atoms with Gasteiger partial charge in [-0.2, -0.15) is 0 Å². The van der Waals surface area contributed by atoms with Crippen LogP contribution >= 0.6 is 27.5 Å². The Hall–Kier alpha value is -2.17. The number of carbonyl (C=O) groups is 1. The van der Waals surface area contributed by atoms with E-state index in [9.17, 15) is 4.79 Å². The maximum absolute atomic E-state index is 12.0. The average Bonchev–Trinajstić information content (AvgIpc) is 2.89. The summed E-state index contributed by atoms with van der Waals surface area (Å²) in [6.45, 7) is 0. The van der Waals surface area contributed by atoms with Gasteiger partial charge in [-0.05, 0) is 29.8 Å². The van der Waals surface area contributed by atoms with E-state index in [1.54, 1.807) is 24.3 Å². The van der Waals surface area contributed by atoms with Crippen LogP contribution in [-0.2, 0) is 9.53 Å². The van der Waals surface area contributed by atoms with Crippen LogP contribution in [0.15, 0.2) is 75.8 Å². The van der Waals surface area contributed by atoms with Gasteiger partial charge in [-0.15, -0.1) is 0 Å². The number of halogens is 2. The molecule has 0 bridgehead atoms. The second-order valence-corrected chi connectivity index (χ2v) is 6.08. The van der Waals surface area contributed by atoms with Crippen LogP contribution in [0, 0.1) is 0 Å². The first-order chi connectivity index (χ1) is 11.1. The van der Waals surface area contributed by atoms with Gasteiger partial charge in [-0.3, -0.25) is 0 Å². The lowest BCUT2D eigenvalue weighted by Gasteiger charge is -2.00. The smallest absolute Gasteiger partial charge is 0.363 e. The van der Waals surface area contributed by atoms with E-state index >= 15 is 0 Å². The first-order valence-corrected chi connectivity index (χ1v) is 8.00. The Balaban J connectivity index is 1.89. The minimum atomic E-state index is -0.502. The molecule has 114 valence electrons. The molecule has 2 aromatic carbocycles. The molecule has 1 aliphatic rings. The Morgan fingerprint density at radius 1 is 1.09 bits per heavy atom. The highest BCUT2D eigenvalue weighted by atomic mass is 79.9. The van der Waals surface area contributed by atoms with Gasteiger partial charge >= 0.3 is 5.97 Å². The van der Waals surface area contributed by atoms with Gasteiger partial charge in [0.2, 0.25) is 5.90 Å². The summed E-state index contributed by atoms with van der Waals surface area (Å²) in [5.74, 6) is -0.287. The summed E-state index contributed by atoms with van der Waals surface area (Å²) < 4.78 is 5.92. The Bertz CT molecular complexity index is 841. The maximum atomic E-state index is 12.0. The van der Waals surface area contributed by atoms with Crippen molar-refractivity contribution in [2.45, 2.75) is 0 Å². The molecule has 1 heterocycles. The minimum Gasteiger partial charge on any atom is -0.402 e. The fourth-order valence-electron chi connectivity index (χ4n) is 2.04. The van der Waals surface area contributed by atoms with Gasteiger partial charge in [0.1, 0.15) is 0 Å². The highest BCUT2D eigenvalue weighted by molar-refractivity contribution is 9.12. The van der Waals surface area contributed by atoms with E-state index in [1.165, 1.54) is 0 Å². The molecule has 0 aromatic heterocycles. The van der Waals surface area contributed by atoms with Gasteiger partial charge in [-0.25, -0.2) is 9.79 Å². The van der Waals surface area contributed by atoms with Crippen molar-refractivity contribution in [2.75, 3.05) is 0 Å². The molecule has 0 radical (unpaired) electrons. The number of carbonyl (C=O) groups excluding carboxylic acids is 1. The van der Waals surface area contributed by atoms with E-state index in [0.29, 0.717) is 10.6 Å².